The second kappa shape index (κ2) is 7.51. The van der Waals surface area contributed by atoms with Gasteiger partial charge in [0.2, 0.25) is 0 Å². The molecule has 19 heavy (non-hydrogen) atoms. The Labute approximate surface area is 114 Å². The van der Waals surface area contributed by atoms with Crippen LogP contribution in [-0.2, 0) is 11.3 Å². The Morgan fingerprint density at radius 3 is 2.37 bits per heavy atom. The van der Waals surface area contributed by atoms with Gasteiger partial charge in [-0.1, -0.05) is 6.07 Å². The lowest BCUT2D eigenvalue weighted by atomic mass is 10.2. The fraction of sp³-hybridized carbons (Fsp3) is 0.500. The van der Waals surface area contributed by atoms with Gasteiger partial charge in [-0.25, -0.2) is 4.79 Å². The molecule has 0 atom stereocenters. The van der Waals surface area contributed by atoms with E-state index in [1.165, 1.54) is 0 Å². The highest BCUT2D eigenvalue weighted by molar-refractivity contribution is 5.67. The molecule has 0 saturated carbocycles. The number of hydrogen-bond acceptors (Lipinski definition) is 4. The molecule has 0 fully saturated rings. The van der Waals surface area contributed by atoms with Crippen LogP contribution < -0.4 is 9.47 Å². The Balaban J connectivity index is 2.82. The van der Waals surface area contributed by atoms with Crippen LogP contribution in [-0.4, -0.2) is 38.4 Å². The maximum Gasteiger partial charge on any atom is 0.410 e. The van der Waals surface area contributed by atoms with Crippen LogP contribution in [0.1, 0.15) is 19.4 Å². The molecule has 5 nitrogen and oxygen atoms in total. The molecule has 0 aliphatic carbocycles. The third-order valence-electron chi connectivity index (χ3n) is 2.73. The lowest BCUT2D eigenvalue weighted by Gasteiger charge is -2.20. The Bertz CT molecular complexity index is 420. The van der Waals surface area contributed by atoms with Crippen LogP contribution in [0, 0.1) is 0 Å². The Kier molecular flexibility index (Phi) is 5.99. The Hall–Kier alpha value is -1.91. The average Bonchev–Trinajstić information content (AvgIpc) is 2.44. The third-order valence-corrected chi connectivity index (χ3v) is 2.73. The van der Waals surface area contributed by atoms with E-state index < -0.39 is 0 Å². The van der Waals surface area contributed by atoms with Gasteiger partial charge in [0, 0.05) is 13.1 Å². The van der Waals surface area contributed by atoms with Crippen molar-refractivity contribution in [3.05, 3.63) is 23.8 Å². The zero-order valence-corrected chi connectivity index (χ0v) is 11.9. The van der Waals surface area contributed by atoms with Crippen molar-refractivity contribution in [3.63, 3.8) is 0 Å². The predicted octanol–water partition coefficient (Wildman–Crippen LogP) is 2.68. The van der Waals surface area contributed by atoms with Crippen molar-refractivity contribution in [2.24, 2.45) is 0 Å². The topological polar surface area (TPSA) is 48.0 Å². The second-order valence-corrected chi connectivity index (χ2v) is 3.90. The van der Waals surface area contributed by atoms with Crippen molar-refractivity contribution in [1.82, 2.24) is 4.90 Å². The molecule has 1 rings (SSSR count). The maximum absolute atomic E-state index is 11.7. The molecule has 5 heteroatoms. The smallest absolute Gasteiger partial charge is 0.410 e. The first-order chi connectivity index (χ1) is 9.15. The van der Waals surface area contributed by atoms with Crippen molar-refractivity contribution >= 4 is 6.09 Å². The lowest BCUT2D eigenvalue weighted by molar-refractivity contribution is 0.106. The standard InChI is InChI=1S/C14H21NO4/c1-5-15(14(16)19-6-2)10-11-7-8-12(17-3)13(9-11)18-4/h7-9H,5-6,10H2,1-4H3. The SMILES string of the molecule is CCOC(=O)N(CC)Cc1ccc(OC)c(OC)c1. The number of carbonyl (C=O) groups is 1. The number of ether oxygens (including phenoxy) is 3. The largest absolute Gasteiger partial charge is 0.493 e. The van der Waals surface area contributed by atoms with Crippen LogP contribution in [0.25, 0.3) is 0 Å². The number of benzene rings is 1. The summed E-state index contributed by atoms with van der Waals surface area (Å²) in [6.07, 6.45) is -0.306. The van der Waals surface area contributed by atoms with E-state index in [1.54, 1.807) is 26.0 Å². The molecule has 0 spiro atoms. The van der Waals surface area contributed by atoms with Gasteiger partial charge in [0.05, 0.1) is 20.8 Å². The highest BCUT2D eigenvalue weighted by Crippen LogP contribution is 2.28. The molecule has 0 aliphatic heterocycles. The molecule has 0 bridgehead atoms. The van der Waals surface area contributed by atoms with E-state index in [-0.39, 0.29) is 6.09 Å². The van der Waals surface area contributed by atoms with E-state index in [0.717, 1.165) is 5.56 Å². The molecule has 0 aliphatic rings. The normalized spacial score (nSPS) is 9.89. The molecule has 0 heterocycles. The second-order valence-electron chi connectivity index (χ2n) is 3.90. The number of methoxy groups -OCH3 is 2. The first kappa shape index (κ1) is 15.1. The van der Waals surface area contributed by atoms with Crippen LogP contribution in [0.2, 0.25) is 0 Å². The number of hydrogen-bond donors (Lipinski definition) is 0. The molecule has 1 aromatic rings. The molecule has 1 aromatic carbocycles. The summed E-state index contributed by atoms with van der Waals surface area (Å²) >= 11 is 0. The van der Waals surface area contributed by atoms with E-state index in [4.69, 9.17) is 14.2 Å². The molecule has 106 valence electrons. The average molecular weight is 267 g/mol. The van der Waals surface area contributed by atoms with Gasteiger partial charge >= 0.3 is 6.09 Å². The molecule has 1 amide bonds. The van der Waals surface area contributed by atoms with Gasteiger partial charge in [-0.3, -0.25) is 0 Å². The first-order valence-electron chi connectivity index (χ1n) is 6.28. The summed E-state index contributed by atoms with van der Waals surface area (Å²) in [5.41, 5.74) is 0.965. The van der Waals surface area contributed by atoms with Gasteiger partial charge in [-0.15, -0.1) is 0 Å². The van der Waals surface area contributed by atoms with E-state index in [9.17, 15) is 4.79 Å². The van der Waals surface area contributed by atoms with E-state index >= 15 is 0 Å². The van der Waals surface area contributed by atoms with Crippen molar-refractivity contribution in [3.8, 4) is 11.5 Å². The molecular formula is C14H21NO4. The van der Waals surface area contributed by atoms with Crippen molar-refractivity contribution in [2.45, 2.75) is 20.4 Å². The molecule has 0 aromatic heterocycles. The highest BCUT2D eigenvalue weighted by atomic mass is 16.6. The molecule has 0 saturated heterocycles. The van der Waals surface area contributed by atoms with Crippen LogP contribution in [0.15, 0.2) is 18.2 Å². The first-order valence-corrected chi connectivity index (χ1v) is 6.28. The van der Waals surface area contributed by atoms with Gasteiger partial charge in [0.25, 0.3) is 0 Å². The van der Waals surface area contributed by atoms with Gasteiger partial charge in [0.15, 0.2) is 11.5 Å². The van der Waals surface area contributed by atoms with Crippen LogP contribution in [0.3, 0.4) is 0 Å². The third kappa shape index (κ3) is 4.05. The van der Waals surface area contributed by atoms with E-state index in [1.807, 2.05) is 25.1 Å². The zero-order chi connectivity index (χ0) is 14.3. The van der Waals surface area contributed by atoms with Crippen molar-refractivity contribution in [1.29, 1.82) is 0 Å². The number of amides is 1. The summed E-state index contributed by atoms with van der Waals surface area (Å²) in [4.78, 5) is 13.3. The quantitative estimate of drug-likeness (QED) is 0.795. The molecular weight excluding hydrogens is 246 g/mol. The maximum atomic E-state index is 11.7. The minimum absolute atomic E-state index is 0.306. The highest BCUT2D eigenvalue weighted by Gasteiger charge is 2.14. The van der Waals surface area contributed by atoms with Gasteiger partial charge in [-0.2, -0.15) is 0 Å². The van der Waals surface area contributed by atoms with Crippen LogP contribution >= 0.6 is 0 Å². The molecule has 0 N–H and O–H groups in total. The number of carbonyl (C=O) groups excluding carboxylic acids is 1. The monoisotopic (exact) mass is 267 g/mol. The molecule has 0 radical (unpaired) electrons. The minimum Gasteiger partial charge on any atom is -0.493 e. The summed E-state index contributed by atoms with van der Waals surface area (Å²) in [6.45, 7) is 5.16. The Morgan fingerprint density at radius 1 is 1.16 bits per heavy atom. The minimum atomic E-state index is -0.306. The molecule has 0 unspecified atom stereocenters. The van der Waals surface area contributed by atoms with Crippen LogP contribution in [0.5, 0.6) is 11.5 Å². The lowest BCUT2D eigenvalue weighted by Crippen LogP contribution is -2.30. The Morgan fingerprint density at radius 2 is 1.84 bits per heavy atom. The summed E-state index contributed by atoms with van der Waals surface area (Å²) in [6, 6.07) is 5.59. The zero-order valence-electron chi connectivity index (χ0n) is 11.9. The summed E-state index contributed by atoms with van der Waals surface area (Å²) < 4.78 is 15.4. The summed E-state index contributed by atoms with van der Waals surface area (Å²) in [5.74, 6) is 1.32. The van der Waals surface area contributed by atoms with E-state index in [2.05, 4.69) is 0 Å². The van der Waals surface area contributed by atoms with Crippen molar-refractivity contribution in [2.75, 3.05) is 27.4 Å². The van der Waals surface area contributed by atoms with Gasteiger partial charge in [-0.05, 0) is 31.5 Å². The predicted molar refractivity (Wildman–Crippen MR) is 72.7 cm³/mol. The number of rotatable bonds is 6. The summed E-state index contributed by atoms with van der Waals surface area (Å²) in [7, 11) is 3.18. The van der Waals surface area contributed by atoms with E-state index in [0.29, 0.717) is 31.2 Å². The summed E-state index contributed by atoms with van der Waals surface area (Å²) in [5, 5.41) is 0. The van der Waals surface area contributed by atoms with Gasteiger partial charge < -0.3 is 19.1 Å². The number of nitrogens with zero attached hydrogens (tertiary/aromatic N) is 1. The van der Waals surface area contributed by atoms with Crippen LogP contribution in [0.4, 0.5) is 4.79 Å². The fourth-order valence-corrected chi connectivity index (χ4v) is 1.72. The van der Waals surface area contributed by atoms with Crippen molar-refractivity contribution < 1.29 is 19.0 Å². The van der Waals surface area contributed by atoms with Gasteiger partial charge in [0.1, 0.15) is 0 Å². The fourth-order valence-electron chi connectivity index (χ4n) is 1.72.